The Morgan fingerprint density at radius 2 is 1.50 bits per heavy atom. The van der Waals surface area contributed by atoms with Gasteiger partial charge in [-0.15, -0.1) is 0 Å². The van der Waals surface area contributed by atoms with Crippen LogP contribution in [0.4, 0.5) is 4.39 Å². The number of aryl methyl sites for hydroxylation is 1. The normalized spacial score (nSPS) is 14.7. The summed E-state index contributed by atoms with van der Waals surface area (Å²) in [6.07, 6.45) is 5.93. The third kappa shape index (κ3) is 7.27. The third-order valence-electron chi connectivity index (χ3n) is 6.96. The first kappa shape index (κ1) is 25.6. The Hall–Kier alpha value is -3.47. The predicted octanol–water partition coefficient (Wildman–Crippen LogP) is 5.77. The van der Waals surface area contributed by atoms with Crippen molar-refractivity contribution in [3.8, 4) is 0 Å². The molecule has 1 saturated carbocycles. The van der Waals surface area contributed by atoms with Crippen molar-refractivity contribution in [3.63, 3.8) is 0 Å². The molecule has 2 amide bonds. The fourth-order valence-corrected chi connectivity index (χ4v) is 4.87. The standard InChI is InChI=1S/C31H35FN2O2/c1-23-12-14-26(15-13-23)22-34(30(35)21-25-16-18-27(32)19-17-25)29(20-24-8-4-2-5-9-24)31(36)33-28-10-6-3-7-11-28/h2,4-5,8-9,12-19,28-29H,3,6-7,10-11,20-22H2,1H3,(H,33,36)/t29-/m1/s1. The van der Waals surface area contributed by atoms with Crippen LogP contribution in [0.5, 0.6) is 0 Å². The molecule has 0 spiro atoms. The summed E-state index contributed by atoms with van der Waals surface area (Å²) in [7, 11) is 0. The van der Waals surface area contributed by atoms with Gasteiger partial charge in [-0.1, -0.05) is 91.6 Å². The van der Waals surface area contributed by atoms with Gasteiger partial charge >= 0.3 is 0 Å². The lowest BCUT2D eigenvalue weighted by Crippen LogP contribution is -2.53. The molecule has 4 rings (SSSR count). The van der Waals surface area contributed by atoms with Gasteiger partial charge in [0.15, 0.2) is 0 Å². The van der Waals surface area contributed by atoms with E-state index in [-0.39, 0.29) is 30.1 Å². The van der Waals surface area contributed by atoms with Crippen LogP contribution < -0.4 is 5.32 Å². The summed E-state index contributed by atoms with van der Waals surface area (Å²) in [6.45, 7) is 2.35. The summed E-state index contributed by atoms with van der Waals surface area (Å²) >= 11 is 0. The molecule has 0 aromatic heterocycles. The maximum Gasteiger partial charge on any atom is 0.243 e. The third-order valence-corrected chi connectivity index (χ3v) is 6.96. The molecule has 1 N–H and O–H groups in total. The number of benzene rings is 3. The van der Waals surface area contributed by atoms with Gasteiger partial charge in [-0.2, -0.15) is 0 Å². The van der Waals surface area contributed by atoms with Gasteiger partial charge in [0.1, 0.15) is 11.9 Å². The number of amides is 2. The Morgan fingerprint density at radius 1 is 0.861 bits per heavy atom. The van der Waals surface area contributed by atoms with E-state index in [4.69, 9.17) is 0 Å². The zero-order valence-corrected chi connectivity index (χ0v) is 21.0. The Morgan fingerprint density at radius 3 is 2.17 bits per heavy atom. The summed E-state index contributed by atoms with van der Waals surface area (Å²) in [5.41, 5.74) is 3.83. The van der Waals surface area contributed by atoms with Crippen LogP contribution in [0.1, 0.15) is 54.4 Å². The van der Waals surface area contributed by atoms with Gasteiger partial charge in [0.2, 0.25) is 11.8 Å². The van der Waals surface area contributed by atoms with Gasteiger partial charge in [0, 0.05) is 19.0 Å². The summed E-state index contributed by atoms with van der Waals surface area (Å²) in [5, 5.41) is 3.26. The second kappa shape index (κ2) is 12.5. The molecule has 3 aromatic carbocycles. The quantitative estimate of drug-likeness (QED) is 0.418. The van der Waals surface area contributed by atoms with Crippen molar-refractivity contribution in [3.05, 3.63) is 107 Å². The molecule has 0 radical (unpaired) electrons. The molecule has 0 aliphatic heterocycles. The summed E-state index contributed by atoms with van der Waals surface area (Å²) in [6, 6.07) is 23.4. The second-order valence-corrected chi connectivity index (χ2v) is 9.86. The van der Waals surface area contributed by atoms with Crippen LogP contribution in [0.25, 0.3) is 0 Å². The Kier molecular flexibility index (Phi) is 8.88. The topological polar surface area (TPSA) is 49.4 Å². The molecular weight excluding hydrogens is 451 g/mol. The molecule has 1 fully saturated rings. The highest BCUT2D eigenvalue weighted by Crippen LogP contribution is 2.20. The van der Waals surface area contributed by atoms with E-state index in [1.54, 1.807) is 17.0 Å². The maximum atomic E-state index is 13.7. The van der Waals surface area contributed by atoms with Crippen molar-refractivity contribution in [1.29, 1.82) is 0 Å². The molecule has 188 valence electrons. The molecule has 0 saturated heterocycles. The van der Waals surface area contributed by atoms with Crippen molar-refractivity contribution in [2.24, 2.45) is 0 Å². The molecular formula is C31H35FN2O2. The number of hydrogen-bond acceptors (Lipinski definition) is 2. The van der Waals surface area contributed by atoms with Gasteiger partial charge < -0.3 is 10.2 Å². The van der Waals surface area contributed by atoms with Crippen LogP contribution in [0, 0.1) is 12.7 Å². The lowest BCUT2D eigenvalue weighted by Gasteiger charge is -2.33. The van der Waals surface area contributed by atoms with Crippen LogP contribution in [-0.2, 0) is 29.0 Å². The van der Waals surface area contributed by atoms with Gasteiger partial charge in [-0.3, -0.25) is 9.59 Å². The van der Waals surface area contributed by atoms with Crippen molar-refractivity contribution >= 4 is 11.8 Å². The molecule has 0 heterocycles. The van der Waals surface area contributed by atoms with Crippen LogP contribution in [0.3, 0.4) is 0 Å². The number of carbonyl (C=O) groups is 2. The summed E-state index contributed by atoms with van der Waals surface area (Å²) in [4.78, 5) is 29.2. The van der Waals surface area contributed by atoms with E-state index >= 15 is 0 Å². The highest BCUT2D eigenvalue weighted by Gasteiger charge is 2.32. The molecule has 5 heteroatoms. The van der Waals surface area contributed by atoms with Crippen molar-refractivity contribution in [2.75, 3.05) is 0 Å². The largest absolute Gasteiger partial charge is 0.352 e. The first-order chi connectivity index (χ1) is 17.5. The minimum Gasteiger partial charge on any atom is -0.352 e. The number of hydrogen-bond donors (Lipinski definition) is 1. The lowest BCUT2D eigenvalue weighted by atomic mass is 9.94. The zero-order chi connectivity index (χ0) is 25.3. The minimum atomic E-state index is -0.649. The molecule has 1 atom stereocenters. The fourth-order valence-electron chi connectivity index (χ4n) is 4.87. The van der Waals surface area contributed by atoms with E-state index in [1.165, 1.54) is 18.6 Å². The van der Waals surface area contributed by atoms with Gasteiger partial charge in [-0.25, -0.2) is 4.39 Å². The number of rotatable bonds is 9. The van der Waals surface area contributed by atoms with Crippen molar-refractivity contribution < 1.29 is 14.0 Å². The van der Waals surface area contributed by atoms with Gasteiger partial charge in [0.05, 0.1) is 6.42 Å². The fraction of sp³-hybridized carbons (Fsp3) is 0.355. The van der Waals surface area contributed by atoms with Gasteiger partial charge in [0.25, 0.3) is 0 Å². The lowest BCUT2D eigenvalue weighted by molar-refractivity contribution is -0.141. The van der Waals surface area contributed by atoms with Crippen molar-refractivity contribution in [2.45, 2.75) is 70.5 Å². The molecule has 0 bridgehead atoms. The molecule has 3 aromatic rings. The average Bonchev–Trinajstić information content (AvgIpc) is 2.89. The SMILES string of the molecule is Cc1ccc(CN(C(=O)Cc2ccc(F)cc2)[C@H](Cc2ccccc2)C(=O)NC2CCCCC2)cc1. The van der Waals surface area contributed by atoms with E-state index in [2.05, 4.69) is 5.32 Å². The first-order valence-electron chi connectivity index (χ1n) is 12.9. The molecule has 4 nitrogen and oxygen atoms in total. The van der Waals surface area contributed by atoms with Gasteiger partial charge in [-0.05, 0) is 48.6 Å². The highest BCUT2D eigenvalue weighted by molar-refractivity contribution is 5.89. The Balaban J connectivity index is 1.64. The number of carbonyl (C=O) groups excluding carboxylic acids is 2. The smallest absolute Gasteiger partial charge is 0.243 e. The zero-order valence-electron chi connectivity index (χ0n) is 21.0. The summed E-state index contributed by atoms with van der Waals surface area (Å²) in [5.74, 6) is -0.594. The first-order valence-corrected chi connectivity index (χ1v) is 12.9. The highest BCUT2D eigenvalue weighted by atomic mass is 19.1. The van der Waals surface area contributed by atoms with Crippen LogP contribution in [0.2, 0.25) is 0 Å². The molecule has 36 heavy (non-hydrogen) atoms. The number of nitrogens with zero attached hydrogens (tertiary/aromatic N) is 1. The molecule has 1 aliphatic carbocycles. The Labute approximate surface area is 213 Å². The van der Waals surface area contributed by atoms with E-state index in [0.717, 1.165) is 47.9 Å². The van der Waals surface area contributed by atoms with Crippen LogP contribution in [0.15, 0.2) is 78.9 Å². The molecule has 0 unspecified atom stereocenters. The maximum absolute atomic E-state index is 13.7. The second-order valence-electron chi connectivity index (χ2n) is 9.86. The van der Waals surface area contributed by atoms with E-state index in [9.17, 15) is 14.0 Å². The van der Waals surface area contributed by atoms with Crippen LogP contribution >= 0.6 is 0 Å². The minimum absolute atomic E-state index is 0.105. The predicted molar refractivity (Wildman–Crippen MR) is 141 cm³/mol. The Bertz CT molecular complexity index is 1120. The number of nitrogens with one attached hydrogen (secondary N) is 1. The summed E-state index contributed by atoms with van der Waals surface area (Å²) < 4.78 is 13.5. The monoisotopic (exact) mass is 486 g/mol. The van der Waals surface area contributed by atoms with Crippen LogP contribution in [-0.4, -0.2) is 28.8 Å². The van der Waals surface area contributed by atoms with E-state index < -0.39 is 6.04 Å². The van der Waals surface area contributed by atoms with E-state index in [1.807, 2.05) is 61.5 Å². The van der Waals surface area contributed by atoms with Crippen molar-refractivity contribution in [1.82, 2.24) is 10.2 Å². The van der Waals surface area contributed by atoms with E-state index in [0.29, 0.717) is 13.0 Å². The number of halogens is 1. The average molecular weight is 487 g/mol. The molecule has 1 aliphatic rings.